The molecule has 0 aliphatic heterocycles. The Morgan fingerprint density at radius 3 is 2.28 bits per heavy atom. The molecule has 1 aromatic heterocycles. The molecule has 0 unspecified atom stereocenters. The first-order valence-corrected chi connectivity index (χ1v) is 8.62. The van der Waals surface area contributed by atoms with E-state index in [0.717, 1.165) is 24.3 Å². The zero-order valence-corrected chi connectivity index (χ0v) is 14.8. The number of amides is 1. The lowest BCUT2D eigenvalue weighted by Gasteiger charge is -2.09. The highest BCUT2D eigenvalue weighted by atomic mass is 19.2. The second-order valence-corrected chi connectivity index (χ2v) is 6.38. The molecule has 7 heteroatoms. The summed E-state index contributed by atoms with van der Waals surface area (Å²) in [5.74, 6) is -4.38. The summed E-state index contributed by atoms with van der Waals surface area (Å²) in [4.78, 5) is 12.6. The predicted octanol–water partition coefficient (Wildman–Crippen LogP) is 5.59. The summed E-state index contributed by atoms with van der Waals surface area (Å²) in [6.45, 7) is -0.0108. The summed E-state index contributed by atoms with van der Waals surface area (Å²) < 4.78 is 58.6. The smallest absolute Gasteiger partial charge is 0.255 e. The van der Waals surface area contributed by atoms with Gasteiger partial charge in [0, 0.05) is 11.9 Å². The maximum atomic E-state index is 13.6. The Bertz CT molecular complexity index is 1230. The van der Waals surface area contributed by atoms with E-state index in [1.807, 2.05) is 0 Å². The van der Waals surface area contributed by atoms with Gasteiger partial charge in [-0.2, -0.15) is 0 Å². The molecule has 0 spiro atoms. The topological polar surface area (TPSA) is 42.2 Å². The number of carbonyl (C=O) groups is 1. The van der Waals surface area contributed by atoms with Crippen LogP contribution in [0.15, 0.2) is 65.3 Å². The van der Waals surface area contributed by atoms with Crippen molar-refractivity contribution >= 4 is 16.9 Å². The van der Waals surface area contributed by atoms with Crippen LogP contribution in [0.1, 0.15) is 15.9 Å². The van der Waals surface area contributed by atoms with Crippen LogP contribution in [0.25, 0.3) is 22.1 Å². The molecule has 3 aromatic carbocycles. The fraction of sp³-hybridized carbons (Fsp3) is 0.0455. The monoisotopic (exact) mass is 399 g/mol. The molecule has 1 N–H and O–H groups in total. The fourth-order valence-electron chi connectivity index (χ4n) is 3.08. The van der Waals surface area contributed by atoms with E-state index in [1.54, 1.807) is 12.1 Å². The van der Waals surface area contributed by atoms with Gasteiger partial charge in [0.25, 0.3) is 5.91 Å². The van der Waals surface area contributed by atoms with Crippen molar-refractivity contribution in [2.45, 2.75) is 6.54 Å². The molecule has 1 amide bonds. The van der Waals surface area contributed by atoms with E-state index < -0.39 is 29.2 Å². The van der Waals surface area contributed by atoms with Crippen molar-refractivity contribution in [3.8, 4) is 11.1 Å². The molecule has 0 aliphatic carbocycles. The number of furan rings is 1. The second kappa shape index (κ2) is 7.43. The SMILES string of the molecule is O=C(NCc1ccc(F)c(F)c1)c1ccc(-c2ccc(F)c(F)c2)c2ccoc12. The highest BCUT2D eigenvalue weighted by Gasteiger charge is 2.17. The van der Waals surface area contributed by atoms with Crippen LogP contribution in [-0.4, -0.2) is 5.91 Å². The molecular weight excluding hydrogens is 386 g/mol. The van der Waals surface area contributed by atoms with Gasteiger partial charge in [-0.3, -0.25) is 4.79 Å². The van der Waals surface area contributed by atoms with E-state index in [1.165, 1.54) is 24.5 Å². The van der Waals surface area contributed by atoms with E-state index in [2.05, 4.69) is 5.32 Å². The van der Waals surface area contributed by atoms with Crippen LogP contribution in [-0.2, 0) is 6.54 Å². The minimum absolute atomic E-state index is 0.0108. The minimum atomic E-state index is -0.999. The average Bonchev–Trinajstić information content (AvgIpc) is 3.20. The van der Waals surface area contributed by atoms with Gasteiger partial charge >= 0.3 is 0 Å². The van der Waals surface area contributed by atoms with Crippen LogP contribution in [0.3, 0.4) is 0 Å². The Labute approximate surface area is 162 Å². The Morgan fingerprint density at radius 1 is 0.828 bits per heavy atom. The van der Waals surface area contributed by atoms with E-state index >= 15 is 0 Å². The molecule has 0 fully saturated rings. The van der Waals surface area contributed by atoms with Gasteiger partial charge in [-0.25, -0.2) is 17.6 Å². The first-order valence-electron chi connectivity index (χ1n) is 8.62. The van der Waals surface area contributed by atoms with Gasteiger partial charge in [-0.15, -0.1) is 0 Å². The number of rotatable bonds is 4. The number of hydrogen-bond acceptors (Lipinski definition) is 2. The first kappa shape index (κ1) is 18.7. The Morgan fingerprint density at radius 2 is 1.55 bits per heavy atom. The summed E-state index contributed by atoms with van der Waals surface area (Å²) >= 11 is 0. The predicted molar refractivity (Wildman–Crippen MR) is 99.1 cm³/mol. The maximum absolute atomic E-state index is 13.6. The van der Waals surface area contributed by atoms with Crippen LogP contribution in [0, 0.1) is 23.3 Å². The van der Waals surface area contributed by atoms with Gasteiger partial charge in [-0.05, 0) is 53.1 Å². The van der Waals surface area contributed by atoms with E-state index in [9.17, 15) is 22.4 Å². The highest BCUT2D eigenvalue weighted by Crippen LogP contribution is 2.32. The summed E-state index contributed by atoms with van der Waals surface area (Å²) in [7, 11) is 0. The molecule has 4 aromatic rings. The van der Waals surface area contributed by atoms with Crippen molar-refractivity contribution in [3.63, 3.8) is 0 Å². The Kier molecular flexibility index (Phi) is 4.80. The summed E-state index contributed by atoms with van der Waals surface area (Å²) in [6, 6.07) is 11.6. The van der Waals surface area contributed by atoms with Crippen molar-refractivity contribution in [2.75, 3.05) is 0 Å². The molecule has 3 nitrogen and oxygen atoms in total. The maximum Gasteiger partial charge on any atom is 0.255 e. The molecule has 0 bridgehead atoms. The zero-order valence-electron chi connectivity index (χ0n) is 14.8. The molecule has 0 aliphatic rings. The molecule has 0 radical (unpaired) electrons. The number of benzene rings is 3. The van der Waals surface area contributed by atoms with Crippen LogP contribution < -0.4 is 5.32 Å². The summed E-state index contributed by atoms with van der Waals surface area (Å²) in [6.07, 6.45) is 1.39. The van der Waals surface area contributed by atoms with Crippen molar-refractivity contribution in [1.29, 1.82) is 0 Å². The number of nitrogens with one attached hydrogen (secondary N) is 1. The van der Waals surface area contributed by atoms with Crippen molar-refractivity contribution in [1.82, 2.24) is 5.32 Å². The van der Waals surface area contributed by atoms with Crippen molar-refractivity contribution in [2.24, 2.45) is 0 Å². The third kappa shape index (κ3) is 3.59. The molecule has 4 rings (SSSR count). The van der Waals surface area contributed by atoms with Gasteiger partial charge in [0.15, 0.2) is 23.3 Å². The van der Waals surface area contributed by atoms with Crippen LogP contribution in [0.5, 0.6) is 0 Å². The lowest BCUT2D eigenvalue weighted by molar-refractivity contribution is 0.0951. The first-order chi connectivity index (χ1) is 13.9. The van der Waals surface area contributed by atoms with Gasteiger partial charge in [-0.1, -0.05) is 18.2 Å². The molecule has 1 heterocycles. The molecule has 29 heavy (non-hydrogen) atoms. The molecule has 0 saturated carbocycles. The normalized spacial score (nSPS) is 11.0. The quantitative estimate of drug-likeness (QED) is 0.455. The van der Waals surface area contributed by atoms with E-state index in [4.69, 9.17) is 4.42 Å². The fourth-order valence-corrected chi connectivity index (χ4v) is 3.08. The van der Waals surface area contributed by atoms with Gasteiger partial charge < -0.3 is 9.73 Å². The third-order valence-corrected chi connectivity index (χ3v) is 4.53. The van der Waals surface area contributed by atoms with Crippen LogP contribution >= 0.6 is 0 Å². The van der Waals surface area contributed by atoms with Gasteiger partial charge in [0.05, 0.1) is 11.8 Å². The Hall–Kier alpha value is -3.61. The number of carbonyl (C=O) groups excluding carboxylic acids is 1. The summed E-state index contributed by atoms with van der Waals surface area (Å²) in [5.41, 5.74) is 1.90. The van der Waals surface area contributed by atoms with Gasteiger partial charge in [0.2, 0.25) is 0 Å². The largest absolute Gasteiger partial charge is 0.463 e. The number of hydrogen-bond donors (Lipinski definition) is 1. The molecule has 0 atom stereocenters. The number of halogens is 4. The zero-order chi connectivity index (χ0) is 20.5. The highest BCUT2D eigenvalue weighted by molar-refractivity contribution is 6.08. The lowest BCUT2D eigenvalue weighted by Crippen LogP contribution is -2.23. The molecule has 0 saturated heterocycles. The molecule has 146 valence electrons. The van der Waals surface area contributed by atoms with Gasteiger partial charge in [0.1, 0.15) is 5.58 Å². The Balaban J connectivity index is 1.63. The van der Waals surface area contributed by atoms with Crippen LogP contribution in [0.2, 0.25) is 0 Å². The van der Waals surface area contributed by atoms with E-state index in [0.29, 0.717) is 22.1 Å². The average molecular weight is 399 g/mol. The lowest BCUT2D eigenvalue weighted by atomic mass is 9.99. The summed E-state index contributed by atoms with van der Waals surface area (Å²) in [5, 5.41) is 3.17. The van der Waals surface area contributed by atoms with E-state index in [-0.39, 0.29) is 17.7 Å². The van der Waals surface area contributed by atoms with Crippen molar-refractivity contribution in [3.05, 3.63) is 95.3 Å². The standard InChI is InChI=1S/C22H13F4NO2/c23-17-5-1-12(9-19(17)25)11-27-22(28)16-4-3-14(15-7-8-29-21(15)16)13-2-6-18(24)20(26)10-13/h1-10H,11H2,(H,27,28). The second-order valence-electron chi connectivity index (χ2n) is 6.38. The number of fused-ring (bicyclic) bond motifs is 1. The van der Waals surface area contributed by atoms with Crippen molar-refractivity contribution < 1.29 is 26.8 Å². The third-order valence-electron chi connectivity index (χ3n) is 4.53. The molecular formula is C22H13F4NO2. The minimum Gasteiger partial charge on any atom is -0.463 e. The van der Waals surface area contributed by atoms with Crippen LogP contribution in [0.4, 0.5) is 17.6 Å².